The minimum Gasteiger partial charge on any atom is -0.369 e. The molecule has 0 amide bonds. The van der Waals surface area contributed by atoms with Gasteiger partial charge in [0.1, 0.15) is 5.82 Å². The number of benzene rings is 2. The predicted octanol–water partition coefficient (Wildman–Crippen LogP) is 6.32. The summed E-state index contributed by atoms with van der Waals surface area (Å²) >= 11 is 7.90. The molecule has 0 spiro atoms. The second-order valence-electron chi connectivity index (χ2n) is 8.31. The second-order valence-corrected chi connectivity index (χ2v) is 9.81. The molecule has 1 aliphatic rings. The first-order valence-corrected chi connectivity index (χ1v) is 12.6. The van der Waals surface area contributed by atoms with Crippen LogP contribution >= 0.6 is 23.4 Å². The zero-order chi connectivity index (χ0) is 22.3. The van der Waals surface area contributed by atoms with Crippen molar-refractivity contribution in [1.82, 2.24) is 14.9 Å². The van der Waals surface area contributed by atoms with E-state index < -0.39 is 0 Å². The molecule has 0 unspecified atom stereocenters. The number of anilines is 1. The number of imidazole rings is 1. The normalized spacial score (nSPS) is 14.6. The van der Waals surface area contributed by atoms with Crippen molar-refractivity contribution in [3.05, 3.63) is 71.3 Å². The lowest BCUT2D eigenvalue weighted by Crippen LogP contribution is -2.32. The van der Waals surface area contributed by atoms with E-state index in [0.29, 0.717) is 17.6 Å². The summed E-state index contributed by atoms with van der Waals surface area (Å²) in [5.74, 6) is 0.739. The summed E-state index contributed by atoms with van der Waals surface area (Å²) in [5, 5.41) is 5.39. The Morgan fingerprint density at radius 1 is 1.09 bits per heavy atom. The SMILES string of the molecule is CN(Cc1cnc(SCCNC2CCCCC2)n1-c1ccc(Cl)cc1)c1ccc(F)cc1. The Kier molecular flexibility index (Phi) is 8.11. The van der Waals surface area contributed by atoms with E-state index >= 15 is 0 Å². The Morgan fingerprint density at radius 2 is 1.81 bits per heavy atom. The first kappa shape index (κ1) is 23.1. The summed E-state index contributed by atoms with van der Waals surface area (Å²) in [7, 11) is 2.01. The molecule has 2 aromatic carbocycles. The van der Waals surface area contributed by atoms with Crippen LogP contribution in [0.15, 0.2) is 59.9 Å². The van der Waals surface area contributed by atoms with Gasteiger partial charge in [0.05, 0.1) is 18.4 Å². The molecule has 0 bridgehead atoms. The summed E-state index contributed by atoms with van der Waals surface area (Å²) in [6.07, 6.45) is 8.59. The fourth-order valence-electron chi connectivity index (χ4n) is 4.19. The summed E-state index contributed by atoms with van der Waals surface area (Å²) in [6.45, 7) is 1.63. The second kappa shape index (κ2) is 11.2. The highest BCUT2D eigenvalue weighted by Gasteiger charge is 2.16. The largest absolute Gasteiger partial charge is 0.369 e. The standard InChI is InChI=1S/C25H30ClFN4S/c1-30(22-13-9-20(27)10-14-22)18-24-17-29-25(31(24)23-11-7-19(26)8-12-23)32-16-15-28-21-5-3-2-4-6-21/h7-14,17,21,28H,2-6,15-16,18H2,1H3. The van der Waals surface area contributed by atoms with Crippen LogP contribution < -0.4 is 10.2 Å². The van der Waals surface area contributed by atoms with Crippen molar-refractivity contribution in [2.75, 3.05) is 24.2 Å². The maximum atomic E-state index is 13.3. The average molecular weight is 473 g/mol. The van der Waals surface area contributed by atoms with Crippen LogP contribution in [0.3, 0.4) is 0 Å². The Morgan fingerprint density at radius 3 is 2.53 bits per heavy atom. The maximum Gasteiger partial charge on any atom is 0.172 e. The third kappa shape index (κ3) is 6.06. The first-order chi connectivity index (χ1) is 15.6. The van der Waals surface area contributed by atoms with Gasteiger partial charge in [-0.1, -0.05) is 42.6 Å². The average Bonchev–Trinajstić information content (AvgIpc) is 3.20. The molecule has 0 aliphatic heterocycles. The van der Waals surface area contributed by atoms with Gasteiger partial charge in [0.2, 0.25) is 0 Å². The highest BCUT2D eigenvalue weighted by molar-refractivity contribution is 7.99. The van der Waals surface area contributed by atoms with Crippen molar-refractivity contribution in [3.8, 4) is 5.69 Å². The lowest BCUT2D eigenvalue weighted by atomic mass is 9.96. The number of hydrogen-bond donors (Lipinski definition) is 1. The minimum atomic E-state index is -0.228. The molecule has 1 fully saturated rings. The van der Waals surface area contributed by atoms with Gasteiger partial charge in [-0.05, 0) is 61.4 Å². The van der Waals surface area contributed by atoms with Crippen LogP contribution in [0, 0.1) is 5.82 Å². The molecule has 0 atom stereocenters. The third-order valence-corrected chi connectivity index (χ3v) is 7.13. The minimum absolute atomic E-state index is 0.228. The van der Waals surface area contributed by atoms with E-state index in [1.807, 2.05) is 37.5 Å². The molecular weight excluding hydrogens is 443 g/mol. The topological polar surface area (TPSA) is 33.1 Å². The van der Waals surface area contributed by atoms with E-state index in [-0.39, 0.29) is 5.82 Å². The fraction of sp³-hybridized carbons (Fsp3) is 0.400. The zero-order valence-electron chi connectivity index (χ0n) is 18.4. The van der Waals surface area contributed by atoms with Crippen LogP contribution in [0.2, 0.25) is 5.02 Å². The quantitative estimate of drug-likeness (QED) is 0.292. The van der Waals surface area contributed by atoms with Gasteiger partial charge >= 0.3 is 0 Å². The van der Waals surface area contributed by atoms with E-state index in [4.69, 9.17) is 16.6 Å². The number of hydrogen-bond acceptors (Lipinski definition) is 4. The summed E-state index contributed by atoms with van der Waals surface area (Å²) in [5.41, 5.74) is 3.07. The third-order valence-electron chi connectivity index (χ3n) is 5.93. The molecule has 1 saturated carbocycles. The van der Waals surface area contributed by atoms with E-state index in [9.17, 15) is 4.39 Å². The number of halogens is 2. The monoisotopic (exact) mass is 472 g/mol. The highest BCUT2D eigenvalue weighted by Crippen LogP contribution is 2.26. The van der Waals surface area contributed by atoms with E-state index in [1.54, 1.807) is 23.9 Å². The lowest BCUT2D eigenvalue weighted by molar-refractivity contribution is 0.381. The summed E-state index contributed by atoms with van der Waals surface area (Å²) in [4.78, 5) is 6.84. The highest BCUT2D eigenvalue weighted by atomic mass is 35.5. The van der Waals surface area contributed by atoms with Crippen molar-refractivity contribution in [2.24, 2.45) is 0 Å². The van der Waals surface area contributed by atoms with Crippen LogP contribution in [0.1, 0.15) is 37.8 Å². The zero-order valence-corrected chi connectivity index (χ0v) is 20.0. The number of nitrogens with zero attached hydrogens (tertiary/aromatic N) is 3. The maximum absolute atomic E-state index is 13.3. The molecule has 7 heteroatoms. The van der Waals surface area contributed by atoms with Crippen molar-refractivity contribution in [3.63, 3.8) is 0 Å². The number of thioether (sulfide) groups is 1. The van der Waals surface area contributed by atoms with Crippen molar-refractivity contribution in [2.45, 2.75) is 49.8 Å². The van der Waals surface area contributed by atoms with Crippen LogP contribution in [0.25, 0.3) is 5.69 Å². The number of nitrogens with one attached hydrogen (secondary N) is 1. The van der Waals surface area contributed by atoms with Gasteiger partial charge in [0, 0.05) is 41.8 Å². The molecule has 32 heavy (non-hydrogen) atoms. The van der Waals surface area contributed by atoms with Crippen LogP contribution in [0.4, 0.5) is 10.1 Å². The molecule has 4 rings (SSSR count). The Bertz CT molecular complexity index is 984. The summed E-state index contributed by atoms with van der Waals surface area (Å²) < 4.78 is 15.5. The van der Waals surface area contributed by atoms with E-state index in [2.05, 4.69) is 14.8 Å². The number of aromatic nitrogens is 2. The van der Waals surface area contributed by atoms with Gasteiger partial charge in [-0.3, -0.25) is 4.57 Å². The lowest BCUT2D eigenvalue weighted by Gasteiger charge is -2.23. The van der Waals surface area contributed by atoms with Gasteiger partial charge in [0.25, 0.3) is 0 Å². The number of rotatable bonds is 9. The van der Waals surface area contributed by atoms with Crippen LogP contribution in [0.5, 0.6) is 0 Å². The van der Waals surface area contributed by atoms with Crippen molar-refractivity contribution in [1.29, 1.82) is 0 Å². The molecular formula is C25H30ClFN4S. The van der Waals surface area contributed by atoms with E-state index in [1.165, 1.54) is 44.2 Å². The molecule has 0 saturated heterocycles. The molecule has 170 valence electrons. The molecule has 1 N–H and O–H groups in total. The Balaban J connectivity index is 1.47. The fourth-order valence-corrected chi connectivity index (χ4v) is 5.20. The van der Waals surface area contributed by atoms with Crippen LogP contribution in [-0.2, 0) is 6.54 Å². The molecule has 1 aromatic heterocycles. The van der Waals surface area contributed by atoms with Crippen molar-refractivity contribution >= 4 is 29.1 Å². The first-order valence-electron chi connectivity index (χ1n) is 11.3. The molecule has 1 aliphatic carbocycles. The smallest absolute Gasteiger partial charge is 0.172 e. The van der Waals surface area contributed by atoms with Gasteiger partial charge in [-0.25, -0.2) is 9.37 Å². The molecule has 1 heterocycles. The van der Waals surface area contributed by atoms with Gasteiger partial charge in [-0.15, -0.1) is 0 Å². The van der Waals surface area contributed by atoms with Gasteiger partial charge in [0.15, 0.2) is 5.16 Å². The van der Waals surface area contributed by atoms with Gasteiger partial charge in [-0.2, -0.15) is 0 Å². The van der Waals surface area contributed by atoms with Crippen molar-refractivity contribution < 1.29 is 4.39 Å². The molecule has 0 radical (unpaired) electrons. The Hall–Kier alpha value is -2.02. The van der Waals surface area contributed by atoms with E-state index in [0.717, 1.165) is 34.5 Å². The Labute approximate surface area is 199 Å². The van der Waals surface area contributed by atoms with Crippen LogP contribution in [-0.4, -0.2) is 34.9 Å². The molecule has 3 aromatic rings. The molecule has 4 nitrogen and oxygen atoms in total. The van der Waals surface area contributed by atoms with Gasteiger partial charge < -0.3 is 10.2 Å². The predicted molar refractivity (Wildman–Crippen MR) is 133 cm³/mol. The summed E-state index contributed by atoms with van der Waals surface area (Å²) in [6, 6.07) is 15.1.